The minimum atomic E-state index is 0.346. The first kappa shape index (κ1) is 10.4. The zero-order chi connectivity index (χ0) is 9.68. The highest BCUT2D eigenvalue weighted by Gasteiger charge is 1.98. The average Bonchev–Trinajstić information content (AvgIpc) is 2.16. The average molecular weight is 260 g/mol. The van der Waals surface area contributed by atoms with Gasteiger partial charge in [-0.2, -0.15) is 0 Å². The lowest BCUT2D eigenvalue weighted by Crippen LogP contribution is -1.85. The molecule has 0 spiro atoms. The molecule has 0 aliphatic heterocycles. The van der Waals surface area contributed by atoms with Crippen LogP contribution in [0.3, 0.4) is 0 Å². The van der Waals surface area contributed by atoms with Crippen LogP contribution in [-0.4, -0.2) is 13.0 Å². The Balaban J connectivity index is 2.99. The van der Waals surface area contributed by atoms with E-state index in [1.807, 2.05) is 18.2 Å². The van der Waals surface area contributed by atoms with Gasteiger partial charge in [-0.3, -0.25) is 0 Å². The van der Waals surface area contributed by atoms with Gasteiger partial charge in [0, 0.05) is 5.56 Å². The van der Waals surface area contributed by atoms with Crippen LogP contribution in [0.5, 0.6) is 5.75 Å². The molecule has 0 atom stereocenters. The Kier molecular flexibility index (Phi) is 4.14. The number of hydrogen-bond acceptors (Lipinski definition) is 1. The van der Waals surface area contributed by atoms with Gasteiger partial charge in [-0.25, -0.2) is 0 Å². The van der Waals surface area contributed by atoms with Crippen LogP contribution in [-0.2, 0) is 0 Å². The van der Waals surface area contributed by atoms with Crippen molar-refractivity contribution < 1.29 is 4.74 Å². The van der Waals surface area contributed by atoms with Crippen molar-refractivity contribution in [3.05, 3.63) is 28.2 Å². The Bertz CT molecular complexity index is 352. The summed E-state index contributed by atoms with van der Waals surface area (Å²) >= 11 is 8.80. The number of halogens is 2. The second-order valence-corrected chi connectivity index (χ2v) is 3.41. The zero-order valence-corrected chi connectivity index (χ0v) is 9.45. The van der Waals surface area contributed by atoms with Crippen molar-refractivity contribution in [2.24, 2.45) is 0 Å². The third kappa shape index (κ3) is 2.95. The standard InChI is InChI=1S/C10H8BrClO/c1-13-10-7-8(3-2-6-12)4-5-9(10)11/h4-5,7H,6H2,1H3. The van der Waals surface area contributed by atoms with Crippen LogP contribution in [0.1, 0.15) is 5.56 Å². The van der Waals surface area contributed by atoms with Gasteiger partial charge in [0.05, 0.1) is 17.5 Å². The summed E-state index contributed by atoms with van der Waals surface area (Å²) in [6, 6.07) is 5.67. The summed E-state index contributed by atoms with van der Waals surface area (Å²) in [4.78, 5) is 0. The van der Waals surface area contributed by atoms with Gasteiger partial charge < -0.3 is 4.74 Å². The predicted molar refractivity (Wildman–Crippen MR) is 58.3 cm³/mol. The third-order valence-electron chi connectivity index (χ3n) is 1.45. The van der Waals surface area contributed by atoms with Crippen LogP contribution in [0.2, 0.25) is 0 Å². The molecule has 0 unspecified atom stereocenters. The lowest BCUT2D eigenvalue weighted by molar-refractivity contribution is 0.412. The SMILES string of the molecule is COc1cc(C#CCCl)ccc1Br. The Morgan fingerprint density at radius 2 is 2.31 bits per heavy atom. The van der Waals surface area contributed by atoms with Crippen molar-refractivity contribution in [2.75, 3.05) is 13.0 Å². The fourth-order valence-electron chi connectivity index (χ4n) is 0.873. The van der Waals surface area contributed by atoms with E-state index >= 15 is 0 Å². The normalized spacial score (nSPS) is 8.85. The maximum Gasteiger partial charge on any atom is 0.134 e. The van der Waals surface area contributed by atoms with Crippen LogP contribution in [0.25, 0.3) is 0 Å². The third-order valence-corrected chi connectivity index (χ3v) is 2.24. The number of hydrogen-bond donors (Lipinski definition) is 0. The molecule has 0 radical (unpaired) electrons. The molecule has 0 aliphatic rings. The van der Waals surface area contributed by atoms with E-state index < -0.39 is 0 Å². The minimum Gasteiger partial charge on any atom is -0.496 e. The second-order valence-electron chi connectivity index (χ2n) is 2.28. The van der Waals surface area contributed by atoms with Crippen molar-refractivity contribution in [2.45, 2.75) is 0 Å². The molecule has 0 aromatic heterocycles. The van der Waals surface area contributed by atoms with Crippen LogP contribution in [0.15, 0.2) is 22.7 Å². The van der Waals surface area contributed by atoms with E-state index in [0.717, 1.165) is 15.8 Å². The predicted octanol–water partition coefficient (Wildman–Crippen LogP) is 3.05. The summed E-state index contributed by atoms with van der Waals surface area (Å²) in [5.41, 5.74) is 0.903. The van der Waals surface area contributed by atoms with Gasteiger partial charge in [-0.05, 0) is 34.1 Å². The van der Waals surface area contributed by atoms with Gasteiger partial charge >= 0.3 is 0 Å². The molecule has 0 heterocycles. The monoisotopic (exact) mass is 258 g/mol. The highest BCUT2D eigenvalue weighted by molar-refractivity contribution is 9.10. The molecule has 0 saturated carbocycles. The number of alkyl halides is 1. The van der Waals surface area contributed by atoms with Crippen LogP contribution in [0.4, 0.5) is 0 Å². The highest BCUT2D eigenvalue weighted by atomic mass is 79.9. The molecule has 68 valence electrons. The van der Waals surface area contributed by atoms with Gasteiger partial charge in [0.15, 0.2) is 0 Å². The number of benzene rings is 1. The highest BCUT2D eigenvalue weighted by Crippen LogP contribution is 2.25. The smallest absolute Gasteiger partial charge is 0.134 e. The summed E-state index contributed by atoms with van der Waals surface area (Å²) in [6.45, 7) is 0. The van der Waals surface area contributed by atoms with Gasteiger partial charge in [-0.15, -0.1) is 11.6 Å². The van der Waals surface area contributed by atoms with Crippen molar-refractivity contribution in [1.29, 1.82) is 0 Å². The summed E-state index contributed by atoms with van der Waals surface area (Å²) < 4.78 is 6.04. The van der Waals surface area contributed by atoms with Gasteiger partial charge in [0.1, 0.15) is 5.75 Å². The molecule has 1 aromatic rings. The van der Waals surface area contributed by atoms with Crippen LogP contribution >= 0.6 is 27.5 Å². The lowest BCUT2D eigenvalue weighted by atomic mass is 10.2. The molecule has 3 heteroatoms. The van der Waals surface area contributed by atoms with E-state index in [0.29, 0.717) is 5.88 Å². The Labute approximate surface area is 91.2 Å². The molecule has 0 saturated heterocycles. The largest absolute Gasteiger partial charge is 0.496 e. The molecule has 1 nitrogen and oxygen atoms in total. The number of rotatable bonds is 1. The first-order valence-corrected chi connectivity index (χ1v) is 4.99. The zero-order valence-electron chi connectivity index (χ0n) is 7.10. The molecular weight excluding hydrogens is 251 g/mol. The topological polar surface area (TPSA) is 9.23 Å². The van der Waals surface area contributed by atoms with E-state index in [-0.39, 0.29) is 0 Å². The summed E-state index contributed by atoms with van der Waals surface area (Å²) in [5, 5.41) is 0. The molecular formula is C10H8BrClO. The molecule has 1 rings (SSSR count). The molecule has 0 bridgehead atoms. The first-order chi connectivity index (χ1) is 6.27. The summed E-state index contributed by atoms with van der Waals surface area (Å²) in [7, 11) is 1.62. The van der Waals surface area contributed by atoms with Crippen molar-refractivity contribution in [3.8, 4) is 17.6 Å². The van der Waals surface area contributed by atoms with Gasteiger partial charge in [0.25, 0.3) is 0 Å². The van der Waals surface area contributed by atoms with Crippen molar-refractivity contribution in [3.63, 3.8) is 0 Å². The molecule has 0 fully saturated rings. The lowest BCUT2D eigenvalue weighted by Gasteiger charge is -2.02. The van der Waals surface area contributed by atoms with Gasteiger partial charge in [0.2, 0.25) is 0 Å². The quantitative estimate of drug-likeness (QED) is 0.556. The molecule has 0 N–H and O–H groups in total. The van der Waals surface area contributed by atoms with E-state index in [1.165, 1.54) is 0 Å². The number of methoxy groups -OCH3 is 1. The number of ether oxygens (including phenoxy) is 1. The van der Waals surface area contributed by atoms with E-state index in [9.17, 15) is 0 Å². The molecule has 0 amide bonds. The summed E-state index contributed by atoms with van der Waals surface area (Å²) in [5.74, 6) is 6.82. The Morgan fingerprint density at radius 1 is 1.54 bits per heavy atom. The molecule has 0 aliphatic carbocycles. The maximum atomic E-state index is 5.44. The van der Waals surface area contributed by atoms with Crippen LogP contribution < -0.4 is 4.74 Å². The minimum absolute atomic E-state index is 0.346. The fraction of sp³-hybridized carbons (Fsp3) is 0.200. The summed E-state index contributed by atoms with van der Waals surface area (Å²) in [6.07, 6.45) is 0. The van der Waals surface area contributed by atoms with Crippen molar-refractivity contribution in [1.82, 2.24) is 0 Å². The first-order valence-electron chi connectivity index (χ1n) is 3.66. The van der Waals surface area contributed by atoms with E-state index in [4.69, 9.17) is 16.3 Å². The Hall–Kier alpha value is -0.650. The van der Waals surface area contributed by atoms with E-state index in [2.05, 4.69) is 27.8 Å². The van der Waals surface area contributed by atoms with E-state index in [1.54, 1.807) is 7.11 Å². The van der Waals surface area contributed by atoms with Crippen LogP contribution in [0, 0.1) is 11.8 Å². The fourth-order valence-corrected chi connectivity index (χ4v) is 1.35. The van der Waals surface area contributed by atoms with Gasteiger partial charge in [-0.1, -0.05) is 11.8 Å². The second kappa shape index (κ2) is 5.16. The maximum absolute atomic E-state index is 5.44. The van der Waals surface area contributed by atoms with Crippen molar-refractivity contribution >= 4 is 27.5 Å². The Morgan fingerprint density at radius 3 is 2.92 bits per heavy atom. The molecule has 13 heavy (non-hydrogen) atoms. The molecule has 1 aromatic carbocycles.